The van der Waals surface area contributed by atoms with Gasteiger partial charge >= 0.3 is 0 Å². The molecule has 0 fully saturated rings. The van der Waals surface area contributed by atoms with Gasteiger partial charge in [0.2, 0.25) is 5.88 Å². The van der Waals surface area contributed by atoms with Crippen LogP contribution >= 0.6 is 11.6 Å². The summed E-state index contributed by atoms with van der Waals surface area (Å²) < 4.78 is 57.5. The molecule has 5 rings (SSSR count). The Bertz CT molecular complexity index is 1730. The molecule has 0 unspecified atom stereocenters. The first kappa shape index (κ1) is 24.5. The third-order valence-electron chi connectivity index (χ3n) is 5.57. The van der Waals surface area contributed by atoms with Crippen LogP contribution in [-0.2, 0) is 10.0 Å². The van der Waals surface area contributed by atoms with Crippen molar-refractivity contribution in [1.82, 2.24) is 15.1 Å². The van der Waals surface area contributed by atoms with Crippen molar-refractivity contribution in [3.05, 3.63) is 78.0 Å². The number of pyridine rings is 2. The van der Waals surface area contributed by atoms with Crippen LogP contribution in [0.15, 0.2) is 76.6 Å². The first-order valence-electron chi connectivity index (χ1n) is 10.7. The molecule has 0 spiro atoms. The van der Waals surface area contributed by atoms with E-state index in [1.165, 1.54) is 44.7 Å². The zero-order chi connectivity index (χ0) is 26.2. The van der Waals surface area contributed by atoms with E-state index in [2.05, 4.69) is 24.4 Å². The number of rotatable bonds is 7. The molecule has 0 radical (unpaired) electrons. The summed E-state index contributed by atoms with van der Waals surface area (Å²) in [5, 5.41) is 5.15. The van der Waals surface area contributed by atoms with Gasteiger partial charge in [-0.3, -0.25) is 9.71 Å². The van der Waals surface area contributed by atoms with Gasteiger partial charge in [-0.25, -0.2) is 17.8 Å². The molecule has 0 atom stereocenters. The summed E-state index contributed by atoms with van der Waals surface area (Å²) in [6.07, 6.45) is 3.87. The van der Waals surface area contributed by atoms with Gasteiger partial charge in [0.1, 0.15) is 17.8 Å². The maximum Gasteiger partial charge on any atom is 0.263 e. The van der Waals surface area contributed by atoms with E-state index in [0.717, 1.165) is 6.20 Å². The summed E-state index contributed by atoms with van der Waals surface area (Å²) in [4.78, 5) is 8.51. The van der Waals surface area contributed by atoms with Crippen LogP contribution in [0.1, 0.15) is 0 Å². The van der Waals surface area contributed by atoms with Crippen LogP contribution in [0.3, 0.4) is 0 Å². The van der Waals surface area contributed by atoms with Crippen LogP contribution in [0.4, 0.5) is 10.2 Å². The number of hydrogen-bond acceptors (Lipinski definition) is 8. The highest BCUT2D eigenvalue weighted by Crippen LogP contribution is 2.42. The van der Waals surface area contributed by atoms with Gasteiger partial charge in [0.15, 0.2) is 5.82 Å². The highest BCUT2D eigenvalue weighted by molar-refractivity contribution is 7.92. The third kappa shape index (κ3) is 4.66. The van der Waals surface area contributed by atoms with E-state index in [0.29, 0.717) is 38.9 Å². The molecule has 0 aliphatic rings. The minimum atomic E-state index is -3.91. The van der Waals surface area contributed by atoms with Crippen molar-refractivity contribution in [3.8, 4) is 34.0 Å². The van der Waals surface area contributed by atoms with E-state index in [9.17, 15) is 12.8 Å². The van der Waals surface area contributed by atoms with Gasteiger partial charge in [0.25, 0.3) is 10.0 Å². The number of sulfonamides is 1. The summed E-state index contributed by atoms with van der Waals surface area (Å²) in [6, 6.07) is 12.3. The second-order valence-corrected chi connectivity index (χ2v) is 9.86. The molecule has 0 bridgehead atoms. The Balaban J connectivity index is 1.61. The number of nitrogens with one attached hydrogen (secondary N) is 1. The second kappa shape index (κ2) is 9.68. The van der Waals surface area contributed by atoms with Crippen LogP contribution in [0.5, 0.6) is 11.6 Å². The predicted octanol–water partition coefficient (Wildman–Crippen LogP) is 5.56. The number of ether oxygens (including phenoxy) is 2. The summed E-state index contributed by atoms with van der Waals surface area (Å²) >= 11 is 6.64. The van der Waals surface area contributed by atoms with Crippen molar-refractivity contribution in [3.63, 3.8) is 0 Å². The Morgan fingerprint density at radius 2 is 1.81 bits per heavy atom. The molecule has 5 aromatic rings. The average Bonchev–Trinajstić information content (AvgIpc) is 3.40. The molecule has 188 valence electrons. The molecular formula is C25H18ClFN4O5S. The van der Waals surface area contributed by atoms with Crippen molar-refractivity contribution >= 4 is 38.2 Å². The van der Waals surface area contributed by atoms with Crippen molar-refractivity contribution in [1.29, 1.82) is 0 Å². The lowest BCUT2D eigenvalue weighted by atomic mass is 9.99. The Labute approximate surface area is 215 Å². The van der Waals surface area contributed by atoms with E-state index in [1.807, 2.05) is 0 Å². The summed E-state index contributed by atoms with van der Waals surface area (Å²) in [7, 11) is -0.987. The zero-order valence-corrected chi connectivity index (χ0v) is 21.0. The Morgan fingerprint density at radius 3 is 2.54 bits per heavy atom. The fourth-order valence-corrected chi connectivity index (χ4v) is 5.19. The van der Waals surface area contributed by atoms with Crippen LogP contribution in [-0.4, -0.2) is 37.8 Å². The van der Waals surface area contributed by atoms with E-state index >= 15 is 0 Å². The SMILES string of the molecule is COc1cc(-c2cc(F)cnc2OC)c(Cl)cc1-c1nccc2cc(S(=O)(=O)Nc3ccon3)ccc12. The number of fused-ring (bicyclic) bond motifs is 1. The van der Waals surface area contributed by atoms with Crippen LogP contribution < -0.4 is 14.2 Å². The molecule has 0 aliphatic heterocycles. The minimum Gasteiger partial charge on any atom is -0.496 e. The largest absolute Gasteiger partial charge is 0.496 e. The number of hydrogen-bond donors (Lipinski definition) is 1. The van der Waals surface area contributed by atoms with Crippen LogP contribution in [0.2, 0.25) is 5.02 Å². The minimum absolute atomic E-state index is 0.0335. The first-order valence-corrected chi connectivity index (χ1v) is 12.6. The Hall–Kier alpha value is -4.22. The summed E-state index contributed by atoms with van der Waals surface area (Å²) in [5.74, 6) is 0.138. The first-order chi connectivity index (χ1) is 17.8. The average molecular weight is 541 g/mol. The molecule has 3 heterocycles. The van der Waals surface area contributed by atoms with E-state index in [4.69, 9.17) is 21.1 Å². The molecule has 0 saturated carbocycles. The van der Waals surface area contributed by atoms with Gasteiger partial charge in [-0.05, 0) is 41.8 Å². The monoisotopic (exact) mass is 540 g/mol. The molecule has 0 amide bonds. The number of halogens is 2. The number of nitrogens with zero attached hydrogens (tertiary/aromatic N) is 3. The molecule has 2 aromatic carbocycles. The van der Waals surface area contributed by atoms with Gasteiger partial charge in [0, 0.05) is 39.4 Å². The lowest BCUT2D eigenvalue weighted by Crippen LogP contribution is -2.13. The summed E-state index contributed by atoms with van der Waals surface area (Å²) in [6.45, 7) is 0. The molecule has 3 aromatic heterocycles. The number of benzene rings is 2. The highest BCUT2D eigenvalue weighted by Gasteiger charge is 2.21. The molecular weight excluding hydrogens is 523 g/mol. The van der Waals surface area contributed by atoms with E-state index in [-0.39, 0.29) is 21.6 Å². The van der Waals surface area contributed by atoms with E-state index < -0.39 is 15.8 Å². The Morgan fingerprint density at radius 1 is 0.973 bits per heavy atom. The number of methoxy groups -OCH3 is 2. The summed E-state index contributed by atoms with van der Waals surface area (Å²) in [5.41, 5.74) is 1.89. The lowest BCUT2D eigenvalue weighted by Gasteiger charge is -2.15. The standard InChI is InChI=1S/C25H18ClFN4O5S/c1-34-22-12-18(19-10-15(27)13-29-25(19)35-2)21(26)11-20(22)24-17-4-3-16(9-14(17)5-7-28-24)37(32,33)31-23-6-8-36-30-23/h3-13H,1-2H3,(H,30,31). The number of aromatic nitrogens is 3. The smallest absolute Gasteiger partial charge is 0.263 e. The van der Waals surface area contributed by atoms with Gasteiger partial charge in [-0.1, -0.05) is 22.8 Å². The Kier molecular flexibility index (Phi) is 6.40. The quantitative estimate of drug-likeness (QED) is 0.285. The fraction of sp³-hybridized carbons (Fsp3) is 0.0800. The number of anilines is 1. The molecule has 0 aliphatic carbocycles. The van der Waals surface area contributed by atoms with Crippen LogP contribution in [0.25, 0.3) is 33.2 Å². The zero-order valence-electron chi connectivity index (χ0n) is 19.4. The van der Waals surface area contributed by atoms with Gasteiger partial charge in [-0.15, -0.1) is 0 Å². The molecule has 37 heavy (non-hydrogen) atoms. The molecule has 12 heteroatoms. The van der Waals surface area contributed by atoms with E-state index in [1.54, 1.807) is 30.5 Å². The second-order valence-electron chi connectivity index (χ2n) is 7.78. The fourth-order valence-electron chi connectivity index (χ4n) is 3.90. The third-order valence-corrected chi connectivity index (χ3v) is 7.23. The lowest BCUT2D eigenvalue weighted by molar-refractivity contribution is 0.397. The topological polar surface area (TPSA) is 116 Å². The van der Waals surface area contributed by atoms with Gasteiger partial charge in [-0.2, -0.15) is 0 Å². The predicted molar refractivity (Wildman–Crippen MR) is 136 cm³/mol. The normalized spacial score (nSPS) is 11.5. The maximum absolute atomic E-state index is 14.0. The maximum atomic E-state index is 14.0. The van der Waals surface area contributed by atoms with Gasteiger partial charge < -0.3 is 14.0 Å². The molecule has 1 N–H and O–H groups in total. The van der Waals surface area contributed by atoms with Crippen molar-refractivity contribution in [2.24, 2.45) is 0 Å². The molecule has 0 saturated heterocycles. The van der Waals surface area contributed by atoms with Crippen molar-refractivity contribution < 1.29 is 26.8 Å². The highest BCUT2D eigenvalue weighted by atomic mass is 35.5. The molecule has 9 nitrogen and oxygen atoms in total. The van der Waals surface area contributed by atoms with Gasteiger partial charge in [0.05, 0.1) is 31.0 Å². The van der Waals surface area contributed by atoms with Crippen molar-refractivity contribution in [2.75, 3.05) is 18.9 Å². The van der Waals surface area contributed by atoms with Crippen molar-refractivity contribution in [2.45, 2.75) is 4.90 Å². The van der Waals surface area contributed by atoms with Crippen LogP contribution in [0, 0.1) is 5.82 Å².